The Morgan fingerprint density at radius 2 is 1.19 bits per heavy atom. The molecular weight excluding hydrogens is 665 g/mol. The summed E-state index contributed by atoms with van der Waals surface area (Å²) in [6.45, 7) is 0. The van der Waals surface area contributed by atoms with Crippen molar-refractivity contribution in [2.75, 3.05) is 4.90 Å². The van der Waals surface area contributed by atoms with E-state index in [2.05, 4.69) is 179 Å². The molecule has 12 rings (SSSR count). The maximum absolute atomic E-state index is 5.60. The number of fused-ring (bicyclic) bond motifs is 9. The van der Waals surface area contributed by atoms with Crippen molar-refractivity contribution in [1.82, 2.24) is 14.5 Å². The zero-order valence-corrected chi connectivity index (χ0v) is 29.2. The fraction of sp³-hybridized carbons (Fsp3) is 0. The molecule has 0 saturated heterocycles. The molecule has 0 aliphatic carbocycles. The van der Waals surface area contributed by atoms with Crippen LogP contribution in [0.1, 0.15) is 0 Å². The lowest BCUT2D eigenvalue weighted by atomic mass is 9.89. The Morgan fingerprint density at radius 1 is 0.472 bits per heavy atom. The predicted molar refractivity (Wildman–Crippen MR) is 223 cm³/mol. The highest BCUT2D eigenvalue weighted by atomic mass is 32.1. The highest BCUT2D eigenvalue weighted by Crippen LogP contribution is 2.52. The Labute approximate surface area is 308 Å². The van der Waals surface area contributed by atoms with Gasteiger partial charge in [-0.05, 0) is 76.3 Å². The quantitative estimate of drug-likeness (QED) is 0.185. The number of hydrogen-bond acceptors (Lipinski definition) is 4. The van der Waals surface area contributed by atoms with Crippen molar-refractivity contribution in [3.05, 3.63) is 170 Å². The number of rotatable bonds is 3. The normalized spacial score (nSPS) is 12.5. The van der Waals surface area contributed by atoms with Crippen LogP contribution in [0.15, 0.2) is 170 Å². The van der Waals surface area contributed by atoms with Crippen molar-refractivity contribution < 1.29 is 0 Å². The highest BCUT2D eigenvalue weighted by molar-refractivity contribution is 7.26. The van der Waals surface area contributed by atoms with E-state index in [-0.39, 0.29) is 0 Å². The molecule has 1 aliphatic heterocycles. The largest absolute Gasteiger partial charge is 0.309 e. The van der Waals surface area contributed by atoms with Crippen molar-refractivity contribution >= 4 is 92.3 Å². The van der Waals surface area contributed by atoms with Crippen LogP contribution < -0.4 is 4.90 Å². The molecule has 8 aromatic carbocycles. The van der Waals surface area contributed by atoms with Gasteiger partial charge in [-0.25, -0.2) is 9.97 Å². The first-order valence-electron chi connectivity index (χ1n) is 17.9. The molecule has 0 unspecified atom stereocenters. The van der Waals surface area contributed by atoms with Crippen molar-refractivity contribution in [2.24, 2.45) is 0 Å². The molecule has 0 radical (unpaired) electrons. The zero-order chi connectivity index (χ0) is 34.6. The SMILES string of the molecule is c1ccc(-n2c3ccccc3c3cc(-c4nc(N5c6cc7ccccc7cc6-c6cccc7cccc5c67)nc5c4sc4ccccc45)ccc32)cc1. The summed E-state index contributed by atoms with van der Waals surface area (Å²) in [7, 11) is 0. The second kappa shape index (κ2) is 10.8. The van der Waals surface area contributed by atoms with Gasteiger partial charge in [0.05, 0.1) is 38.3 Å². The van der Waals surface area contributed by atoms with Gasteiger partial charge < -0.3 is 4.57 Å². The fourth-order valence-corrected chi connectivity index (χ4v) is 9.71. The maximum Gasteiger partial charge on any atom is 0.235 e. The summed E-state index contributed by atoms with van der Waals surface area (Å²) in [5.41, 5.74) is 11.1. The molecule has 4 heterocycles. The average molecular weight is 693 g/mol. The van der Waals surface area contributed by atoms with Crippen LogP contribution in [0, 0.1) is 0 Å². The van der Waals surface area contributed by atoms with E-state index in [9.17, 15) is 0 Å². The van der Waals surface area contributed by atoms with Crippen LogP contribution in [0.2, 0.25) is 0 Å². The summed E-state index contributed by atoms with van der Waals surface area (Å²) in [6, 6.07) is 61.2. The third kappa shape index (κ3) is 4.11. The summed E-state index contributed by atoms with van der Waals surface area (Å²) < 4.78 is 4.66. The van der Waals surface area contributed by atoms with Crippen LogP contribution in [0.4, 0.5) is 17.3 Å². The fourth-order valence-electron chi connectivity index (χ4n) is 8.56. The van der Waals surface area contributed by atoms with E-state index in [4.69, 9.17) is 9.97 Å². The second-order valence-corrected chi connectivity index (χ2v) is 14.9. The van der Waals surface area contributed by atoms with Crippen LogP contribution in [-0.2, 0) is 0 Å². The van der Waals surface area contributed by atoms with E-state index in [0.717, 1.165) is 43.9 Å². The second-order valence-electron chi connectivity index (χ2n) is 13.8. The first kappa shape index (κ1) is 28.8. The molecule has 0 spiro atoms. The standard InChI is InChI=1S/C48H28N4S/c1-2-16-33(17-3-1)51-39-21-8-6-18-34(39)37-27-32(24-25-40(37)51)45-47-46(36-19-7-9-23-43(36)53-47)50-48(49-45)52-41-22-11-15-29-14-10-20-35(44(29)41)38-26-30-12-4-5-13-31(30)28-42(38)52/h1-28H. The van der Waals surface area contributed by atoms with Crippen molar-refractivity contribution in [3.8, 4) is 28.1 Å². The zero-order valence-electron chi connectivity index (χ0n) is 28.4. The van der Waals surface area contributed by atoms with Gasteiger partial charge in [0.15, 0.2) is 0 Å². The lowest BCUT2D eigenvalue weighted by molar-refractivity contribution is 1.12. The Balaban J connectivity index is 1.17. The lowest BCUT2D eigenvalue weighted by Crippen LogP contribution is -2.18. The van der Waals surface area contributed by atoms with Gasteiger partial charge in [-0.15, -0.1) is 11.3 Å². The summed E-state index contributed by atoms with van der Waals surface area (Å²) in [5.74, 6) is 0.668. The number of nitrogens with zero attached hydrogens (tertiary/aromatic N) is 4. The molecule has 0 atom stereocenters. The van der Waals surface area contributed by atoms with Gasteiger partial charge >= 0.3 is 0 Å². The van der Waals surface area contributed by atoms with Gasteiger partial charge in [0, 0.05) is 43.1 Å². The van der Waals surface area contributed by atoms with Gasteiger partial charge in [0.1, 0.15) is 0 Å². The summed E-state index contributed by atoms with van der Waals surface area (Å²) in [5, 5.41) is 8.38. The van der Waals surface area contributed by atoms with Gasteiger partial charge in [-0.2, -0.15) is 0 Å². The van der Waals surface area contributed by atoms with Crippen LogP contribution >= 0.6 is 11.3 Å². The third-order valence-electron chi connectivity index (χ3n) is 10.9. The molecule has 11 aromatic rings. The van der Waals surface area contributed by atoms with E-state index in [0.29, 0.717) is 5.95 Å². The Kier molecular flexibility index (Phi) is 5.90. The van der Waals surface area contributed by atoms with Gasteiger partial charge in [0.25, 0.3) is 0 Å². The number of hydrogen-bond donors (Lipinski definition) is 0. The van der Waals surface area contributed by atoms with Crippen molar-refractivity contribution in [1.29, 1.82) is 0 Å². The topological polar surface area (TPSA) is 34.0 Å². The summed E-state index contributed by atoms with van der Waals surface area (Å²) in [6.07, 6.45) is 0. The predicted octanol–water partition coefficient (Wildman–Crippen LogP) is 13.4. The Morgan fingerprint density at radius 3 is 2.08 bits per heavy atom. The van der Waals surface area contributed by atoms with E-state index in [1.54, 1.807) is 11.3 Å². The molecule has 0 amide bonds. The Hall–Kier alpha value is -6.82. The molecule has 3 aromatic heterocycles. The van der Waals surface area contributed by atoms with Crippen LogP contribution in [0.25, 0.3) is 91.7 Å². The molecule has 0 bridgehead atoms. The molecule has 246 valence electrons. The number of benzene rings is 8. The molecule has 0 saturated carbocycles. The minimum Gasteiger partial charge on any atom is -0.309 e. The van der Waals surface area contributed by atoms with Gasteiger partial charge in [-0.1, -0.05) is 115 Å². The molecule has 1 aliphatic rings. The number of aromatic nitrogens is 3. The van der Waals surface area contributed by atoms with Gasteiger partial charge in [0.2, 0.25) is 5.95 Å². The summed E-state index contributed by atoms with van der Waals surface area (Å²) >= 11 is 1.77. The summed E-state index contributed by atoms with van der Waals surface area (Å²) in [4.78, 5) is 13.4. The first-order chi connectivity index (χ1) is 26.3. The highest BCUT2D eigenvalue weighted by Gasteiger charge is 2.29. The maximum atomic E-state index is 5.60. The molecule has 53 heavy (non-hydrogen) atoms. The molecule has 0 N–H and O–H groups in total. The minimum atomic E-state index is 0.668. The van der Waals surface area contributed by atoms with Crippen molar-refractivity contribution in [3.63, 3.8) is 0 Å². The molecular formula is C48H28N4S. The average Bonchev–Trinajstić information content (AvgIpc) is 3.76. The monoisotopic (exact) mass is 692 g/mol. The number of thiophene rings is 1. The smallest absolute Gasteiger partial charge is 0.235 e. The molecule has 4 nitrogen and oxygen atoms in total. The van der Waals surface area contributed by atoms with E-state index in [1.165, 1.54) is 59.2 Å². The van der Waals surface area contributed by atoms with E-state index < -0.39 is 0 Å². The molecule has 5 heteroatoms. The third-order valence-corrected chi connectivity index (χ3v) is 12.1. The van der Waals surface area contributed by atoms with E-state index in [1.807, 2.05) is 0 Å². The Bertz CT molecular complexity index is 3300. The van der Waals surface area contributed by atoms with Crippen molar-refractivity contribution in [2.45, 2.75) is 0 Å². The number of para-hydroxylation sites is 2. The lowest BCUT2D eigenvalue weighted by Gasteiger charge is -2.32. The first-order valence-corrected chi connectivity index (χ1v) is 18.7. The van der Waals surface area contributed by atoms with Crippen LogP contribution in [0.5, 0.6) is 0 Å². The number of anilines is 3. The van der Waals surface area contributed by atoms with Crippen LogP contribution in [0.3, 0.4) is 0 Å². The molecule has 0 fully saturated rings. The minimum absolute atomic E-state index is 0.668. The van der Waals surface area contributed by atoms with Gasteiger partial charge in [-0.3, -0.25) is 4.90 Å². The van der Waals surface area contributed by atoms with E-state index >= 15 is 0 Å². The van der Waals surface area contributed by atoms with Crippen LogP contribution in [-0.4, -0.2) is 14.5 Å².